The third-order valence-corrected chi connectivity index (χ3v) is 3.58. The lowest BCUT2D eigenvalue weighted by Gasteiger charge is -2.12. The zero-order valence-electron chi connectivity index (χ0n) is 9.64. The van der Waals surface area contributed by atoms with Crippen LogP contribution in [0.4, 0.5) is 5.69 Å². The highest BCUT2D eigenvalue weighted by Gasteiger charge is 2.08. The van der Waals surface area contributed by atoms with E-state index in [1.54, 1.807) is 23.6 Å². The van der Waals surface area contributed by atoms with Crippen molar-refractivity contribution in [2.45, 2.75) is 13.0 Å². The molecule has 0 bridgehead atoms. The van der Waals surface area contributed by atoms with Crippen molar-refractivity contribution in [1.82, 2.24) is 9.97 Å². The van der Waals surface area contributed by atoms with Gasteiger partial charge < -0.3 is 9.73 Å². The van der Waals surface area contributed by atoms with Gasteiger partial charge in [0, 0.05) is 17.3 Å². The summed E-state index contributed by atoms with van der Waals surface area (Å²) >= 11 is 1.61. The second-order valence-corrected chi connectivity index (χ2v) is 4.89. The van der Waals surface area contributed by atoms with Crippen LogP contribution in [-0.4, -0.2) is 9.97 Å². The van der Waals surface area contributed by atoms with Crippen LogP contribution in [0.25, 0.3) is 11.1 Å². The lowest BCUT2D eigenvalue weighted by atomic mass is 10.2. The first kappa shape index (κ1) is 11.0. The van der Waals surface area contributed by atoms with E-state index < -0.39 is 5.76 Å². The van der Waals surface area contributed by atoms with E-state index in [-0.39, 0.29) is 6.04 Å². The van der Waals surface area contributed by atoms with Crippen LogP contribution in [0.5, 0.6) is 0 Å². The molecular weight excluding hydrogens is 250 g/mol. The van der Waals surface area contributed by atoms with E-state index in [4.69, 9.17) is 4.42 Å². The Bertz CT molecular complexity index is 714. The van der Waals surface area contributed by atoms with Crippen molar-refractivity contribution in [3.8, 4) is 0 Å². The summed E-state index contributed by atoms with van der Waals surface area (Å²) in [5, 5.41) is 6.30. The predicted molar refractivity (Wildman–Crippen MR) is 71.0 cm³/mol. The number of aromatic amines is 1. The summed E-state index contributed by atoms with van der Waals surface area (Å²) in [5.74, 6) is -0.435. The number of rotatable bonds is 3. The SMILES string of the molecule is CC(Nc1ccc2oc(=O)[nH]c2c1)c1nccs1. The smallest absolute Gasteiger partial charge is 0.408 e. The number of thiazole rings is 1. The van der Waals surface area contributed by atoms with Gasteiger partial charge in [-0.05, 0) is 25.1 Å². The molecule has 0 fully saturated rings. The number of hydrogen-bond donors (Lipinski definition) is 2. The molecule has 92 valence electrons. The number of nitrogens with zero attached hydrogens (tertiary/aromatic N) is 1. The molecule has 2 aromatic heterocycles. The minimum Gasteiger partial charge on any atom is -0.408 e. The van der Waals surface area contributed by atoms with E-state index in [0.29, 0.717) is 11.1 Å². The summed E-state index contributed by atoms with van der Waals surface area (Å²) in [4.78, 5) is 17.9. The second-order valence-electron chi connectivity index (χ2n) is 3.96. The summed E-state index contributed by atoms with van der Waals surface area (Å²) in [6.45, 7) is 2.04. The quantitative estimate of drug-likeness (QED) is 0.760. The highest BCUT2D eigenvalue weighted by atomic mass is 32.1. The number of anilines is 1. The topological polar surface area (TPSA) is 70.9 Å². The number of aromatic nitrogens is 2. The Morgan fingerprint density at radius 3 is 3.17 bits per heavy atom. The van der Waals surface area contributed by atoms with Gasteiger partial charge in [0.25, 0.3) is 0 Å². The monoisotopic (exact) mass is 261 g/mol. The number of fused-ring (bicyclic) bond motifs is 1. The van der Waals surface area contributed by atoms with E-state index in [1.165, 1.54) is 0 Å². The molecule has 6 heteroatoms. The fraction of sp³-hybridized carbons (Fsp3) is 0.167. The summed E-state index contributed by atoms with van der Waals surface area (Å²) in [7, 11) is 0. The Morgan fingerprint density at radius 1 is 1.50 bits per heavy atom. The summed E-state index contributed by atoms with van der Waals surface area (Å²) < 4.78 is 4.95. The molecule has 0 aliphatic heterocycles. The summed E-state index contributed by atoms with van der Waals surface area (Å²) in [5.41, 5.74) is 2.17. The van der Waals surface area contributed by atoms with Gasteiger partial charge in [-0.1, -0.05) is 0 Å². The minimum absolute atomic E-state index is 0.126. The van der Waals surface area contributed by atoms with E-state index >= 15 is 0 Å². The largest absolute Gasteiger partial charge is 0.417 e. The standard InChI is InChI=1S/C12H11N3O2S/c1-7(11-13-4-5-18-11)14-8-2-3-10-9(6-8)15-12(16)17-10/h2-7,14H,1H3,(H,15,16). The van der Waals surface area contributed by atoms with Gasteiger partial charge in [-0.2, -0.15) is 0 Å². The molecule has 2 N–H and O–H groups in total. The Labute approximate surface area is 106 Å². The zero-order chi connectivity index (χ0) is 12.5. The lowest BCUT2D eigenvalue weighted by Crippen LogP contribution is -2.05. The number of nitrogens with one attached hydrogen (secondary N) is 2. The number of H-pyrrole nitrogens is 1. The third-order valence-electron chi connectivity index (χ3n) is 2.62. The molecule has 1 atom stereocenters. The van der Waals surface area contributed by atoms with Crippen LogP contribution < -0.4 is 11.1 Å². The molecule has 0 aliphatic rings. The van der Waals surface area contributed by atoms with Crippen molar-refractivity contribution in [2.75, 3.05) is 5.32 Å². The second kappa shape index (κ2) is 4.30. The van der Waals surface area contributed by atoms with Gasteiger partial charge in [0.1, 0.15) is 5.01 Å². The Hall–Kier alpha value is -2.08. The van der Waals surface area contributed by atoms with Crippen molar-refractivity contribution in [3.05, 3.63) is 45.3 Å². The van der Waals surface area contributed by atoms with Gasteiger partial charge in [0.15, 0.2) is 5.58 Å². The normalized spacial score (nSPS) is 12.7. The first-order chi connectivity index (χ1) is 8.72. The van der Waals surface area contributed by atoms with Gasteiger partial charge in [-0.3, -0.25) is 4.98 Å². The van der Waals surface area contributed by atoms with Crippen LogP contribution in [0, 0.1) is 0 Å². The molecule has 0 amide bonds. The molecule has 0 saturated carbocycles. The van der Waals surface area contributed by atoms with Crippen molar-refractivity contribution < 1.29 is 4.42 Å². The van der Waals surface area contributed by atoms with Crippen LogP contribution in [0.3, 0.4) is 0 Å². The molecule has 0 spiro atoms. The molecule has 0 radical (unpaired) electrons. The Balaban J connectivity index is 1.88. The Morgan fingerprint density at radius 2 is 2.39 bits per heavy atom. The van der Waals surface area contributed by atoms with Crippen LogP contribution in [0.1, 0.15) is 18.0 Å². The highest BCUT2D eigenvalue weighted by molar-refractivity contribution is 7.09. The molecule has 1 aromatic carbocycles. The average Bonchev–Trinajstić information content (AvgIpc) is 2.95. The van der Waals surface area contributed by atoms with Crippen LogP contribution in [0.2, 0.25) is 0 Å². The average molecular weight is 261 g/mol. The molecule has 0 aliphatic carbocycles. The van der Waals surface area contributed by atoms with E-state index in [9.17, 15) is 4.79 Å². The molecule has 3 rings (SSSR count). The first-order valence-electron chi connectivity index (χ1n) is 5.51. The van der Waals surface area contributed by atoms with Crippen molar-refractivity contribution in [1.29, 1.82) is 0 Å². The number of benzene rings is 1. The zero-order valence-corrected chi connectivity index (χ0v) is 10.5. The van der Waals surface area contributed by atoms with E-state index in [2.05, 4.69) is 15.3 Å². The highest BCUT2D eigenvalue weighted by Crippen LogP contribution is 2.23. The molecule has 0 saturated heterocycles. The van der Waals surface area contributed by atoms with E-state index in [1.807, 2.05) is 24.4 Å². The van der Waals surface area contributed by atoms with Gasteiger partial charge in [-0.15, -0.1) is 11.3 Å². The van der Waals surface area contributed by atoms with Crippen molar-refractivity contribution >= 4 is 28.1 Å². The van der Waals surface area contributed by atoms with Crippen LogP contribution in [-0.2, 0) is 0 Å². The maximum absolute atomic E-state index is 11.1. The van der Waals surface area contributed by atoms with Gasteiger partial charge in [-0.25, -0.2) is 9.78 Å². The predicted octanol–water partition coefficient (Wildman–Crippen LogP) is 2.75. The van der Waals surface area contributed by atoms with Crippen molar-refractivity contribution in [2.24, 2.45) is 0 Å². The summed E-state index contributed by atoms with van der Waals surface area (Å²) in [6.07, 6.45) is 1.79. The van der Waals surface area contributed by atoms with Gasteiger partial charge >= 0.3 is 5.76 Å². The maximum Gasteiger partial charge on any atom is 0.417 e. The lowest BCUT2D eigenvalue weighted by molar-refractivity contribution is 0.555. The Kier molecular flexibility index (Phi) is 2.64. The molecular formula is C12H11N3O2S. The van der Waals surface area contributed by atoms with Crippen LogP contribution >= 0.6 is 11.3 Å². The van der Waals surface area contributed by atoms with Gasteiger partial charge in [0.2, 0.25) is 0 Å². The third kappa shape index (κ3) is 2.02. The molecule has 1 unspecified atom stereocenters. The minimum atomic E-state index is -0.435. The van der Waals surface area contributed by atoms with Gasteiger partial charge in [0.05, 0.1) is 11.6 Å². The maximum atomic E-state index is 11.1. The fourth-order valence-electron chi connectivity index (χ4n) is 1.80. The molecule has 3 aromatic rings. The number of hydrogen-bond acceptors (Lipinski definition) is 5. The number of oxazole rings is 1. The fourth-order valence-corrected chi connectivity index (χ4v) is 2.45. The molecule has 5 nitrogen and oxygen atoms in total. The molecule has 2 heterocycles. The van der Waals surface area contributed by atoms with E-state index in [0.717, 1.165) is 10.7 Å². The van der Waals surface area contributed by atoms with Crippen molar-refractivity contribution in [3.63, 3.8) is 0 Å². The first-order valence-corrected chi connectivity index (χ1v) is 6.39. The molecule has 18 heavy (non-hydrogen) atoms. The summed E-state index contributed by atoms with van der Waals surface area (Å²) in [6, 6.07) is 5.62. The van der Waals surface area contributed by atoms with Crippen LogP contribution in [0.15, 0.2) is 39.0 Å².